The molecule has 3 fully saturated rings. The summed E-state index contributed by atoms with van der Waals surface area (Å²) in [7, 11) is 0. The molecular weight excluding hydrogens is 562 g/mol. The summed E-state index contributed by atoms with van der Waals surface area (Å²) in [5, 5.41) is 4.91. The Balaban J connectivity index is 0.998. The highest BCUT2D eigenvalue weighted by Gasteiger charge is 2.56. The molecule has 46 heavy (non-hydrogen) atoms. The zero-order valence-corrected chi connectivity index (χ0v) is 26.8. The third kappa shape index (κ3) is 4.17. The first-order chi connectivity index (χ1) is 22.5. The molecule has 0 aliphatic heterocycles. The van der Waals surface area contributed by atoms with Gasteiger partial charge in [0.15, 0.2) is 0 Å². The van der Waals surface area contributed by atoms with Gasteiger partial charge in [-0.25, -0.2) is 0 Å². The van der Waals surface area contributed by atoms with Crippen molar-refractivity contribution in [2.75, 3.05) is 0 Å². The quantitative estimate of drug-likeness (QED) is 0.200. The molecule has 4 aromatic carbocycles. The van der Waals surface area contributed by atoms with Crippen LogP contribution in [0.3, 0.4) is 0 Å². The van der Waals surface area contributed by atoms with Gasteiger partial charge in [-0.05, 0) is 111 Å². The fraction of sp³-hybridized carbons (Fsp3) is 0.302. The number of rotatable bonds is 4. The van der Waals surface area contributed by atoms with Crippen molar-refractivity contribution in [3.63, 3.8) is 0 Å². The summed E-state index contributed by atoms with van der Waals surface area (Å²) in [5.41, 5.74) is 8.65. The minimum absolute atomic E-state index is 0.188. The van der Waals surface area contributed by atoms with E-state index in [2.05, 4.69) is 116 Å². The summed E-state index contributed by atoms with van der Waals surface area (Å²) in [5.74, 6) is 2.91. The molecule has 3 nitrogen and oxygen atoms in total. The van der Waals surface area contributed by atoms with Crippen LogP contribution >= 0.6 is 0 Å². The van der Waals surface area contributed by atoms with Gasteiger partial charge in [0, 0.05) is 32.7 Å². The number of allylic oxidation sites excluding steroid dienone is 5. The molecule has 3 saturated carbocycles. The van der Waals surface area contributed by atoms with Gasteiger partial charge in [-0.15, -0.1) is 0 Å². The SMILES string of the molecule is C=C1CC[C@@H]2[C@H](CC[C@]3(C)C(Oc4ccc5oc6ccccc6c5c4)CC[C@@H]23)/C1=C/C=C(\C)n1c2ccccc2c2ccccc21. The molecule has 0 bridgehead atoms. The van der Waals surface area contributed by atoms with E-state index in [-0.39, 0.29) is 11.5 Å². The Hall–Kier alpha value is -4.50. The molecule has 6 aromatic rings. The average molecular weight is 604 g/mol. The molecule has 3 aliphatic rings. The van der Waals surface area contributed by atoms with Gasteiger partial charge in [-0.2, -0.15) is 0 Å². The summed E-state index contributed by atoms with van der Waals surface area (Å²) < 4.78 is 15.4. The van der Waals surface area contributed by atoms with Crippen molar-refractivity contribution in [2.45, 2.75) is 58.5 Å². The number of hydrogen-bond acceptors (Lipinski definition) is 2. The van der Waals surface area contributed by atoms with E-state index in [4.69, 9.17) is 9.15 Å². The maximum atomic E-state index is 6.91. The summed E-state index contributed by atoms with van der Waals surface area (Å²) in [6.45, 7) is 9.38. The summed E-state index contributed by atoms with van der Waals surface area (Å²) in [4.78, 5) is 0. The van der Waals surface area contributed by atoms with Gasteiger partial charge in [-0.3, -0.25) is 0 Å². The van der Waals surface area contributed by atoms with Gasteiger partial charge in [0.1, 0.15) is 23.0 Å². The number of fused-ring (bicyclic) bond motifs is 9. The molecule has 2 aromatic heterocycles. The Bertz CT molecular complexity index is 2170. The maximum absolute atomic E-state index is 6.91. The lowest BCUT2D eigenvalue weighted by Crippen LogP contribution is -2.46. The largest absolute Gasteiger partial charge is 0.490 e. The van der Waals surface area contributed by atoms with Gasteiger partial charge in [0.05, 0.1) is 11.0 Å². The minimum atomic E-state index is 0.188. The highest BCUT2D eigenvalue weighted by atomic mass is 16.5. The van der Waals surface area contributed by atoms with Crippen LogP contribution in [0.4, 0.5) is 0 Å². The molecule has 230 valence electrons. The Morgan fingerprint density at radius 3 is 2.30 bits per heavy atom. The highest BCUT2D eigenvalue weighted by Crippen LogP contribution is 2.61. The van der Waals surface area contributed by atoms with E-state index in [0.29, 0.717) is 17.8 Å². The predicted octanol–water partition coefficient (Wildman–Crippen LogP) is 11.7. The van der Waals surface area contributed by atoms with E-state index in [1.807, 2.05) is 12.1 Å². The molecule has 3 heteroatoms. The number of ether oxygens (including phenoxy) is 1. The molecule has 1 unspecified atom stereocenters. The second kappa shape index (κ2) is 10.5. The fourth-order valence-corrected chi connectivity index (χ4v) is 9.74. The van der Waals surface area contributed by atoms with Crippen molar-refractivity contribution in [1.29, 1.82) is 0 Å². The first-order valence-electron chi connectivity index (χ1n) is 17.1. The second-order valence-corrected chi connectivity index (χ2v) is 14.3. The molecule has 0 saturated heterocycles. The third-order valence-corrected chi connectivity index (χ3v) is 12.0. The molecule has 5 atom stereocenters. The van der Waals surface area contributed by atoms with Crippen molar-refractivity contribution in [1.82, 2.24) is 4.57 Å². The predicted molar refractivity (Wildman–Crippen MR) is 191 cm³/mol. The number of para-hydroxylation sites is 3. The molecule has 0 N–H and O–H groups in total. The Kier molecular flexibility index (Phi) is 6.35. The van der Waals surface area contributed by atoms with E-state index in [0.717, 1.165) is 40.5 Å². The molecule has 3 aliphatic carbocycles. The van der Waals surface area contributed by atoms with E-state index in [9.17, 15) is 0 Å². The summed E-state index contributed by atoms with van der Waals surface area (Å²) in [6, 6.07) is 32.2. The molecule has 0 amide bonds. The smallest absolute Gasteiger partial charge is 0.135 e. The van der Waals surface area contributed by atoms with Crippen LogP contribution in [0.15, 0.2) is 125 Å². The molecule has 9 rings (SSSR count). The number of hydrogen-bond donors (Lipinski definition) is 0. The summed E-state index contributed by atoms with van der Waals surface area (Å²) >= 11 is 0. The zero-order chi connectivity index (χ0) is 31.0. The molecular formula is C43H41NO2. The summed E-state index contributed by atoms with van der Waals surface area (Å²) in [6.07, 6.45) is 12.1. The van der Waals surface area contributed by atoms with Crippen LogP contribution in [-0.4, -0.2) is 10.7 Å². The minimum Gasteiger partial charge on any atom is -0.490 e. The Morgan fingerprint density at radius 2 is 1.52 bits per heavy atom. The van der Waals surface area contributed by atoms with Gasteiger partial charge in [0.2, 0.25) is 0 Å². The monoisotopic (exact) mass is 603 g/mol. The van der Waals surface area contributed by atoms with Crippen molar-refractivity contribution in [3.05, 3.63) is 121 Å². The first kappa shape index (κ1) is 27.8. The van der Waals surface area contributed by atoms with Crippen LogP contribution in [0.1, 0.15) is 52.4 Å². The van der Waals surface area contributed by atoms with Crippen molar-refractivity contribution < 1.29 is 9.15 Å². The van der Waals surface area contributed by atoms with E-state index >= 15 is 0 Å². The zero-order valence-electron chi connectivity index (χ0n) is 26.8. The fourth-order valence-electron chi connectivity index (χ4n) is 9.74. The van der Waals surface area contributed by atoms with Crippen LogP contribution < -0.4 is 4.74 Å². The van der Waals surface area contributed by atoms with Crippen molar-refractivity contribution in [3.8, 4) is 5.75 Å². The Morgan fingerprint density at radius 1 is 0.826 bits per heavy atom. The van der Waals surface area contributed by atoms with Crippen LogP contribution in [0, 0.1) is 23.2 Å². The lowest BCUT2D eigenvalue weighted by Gasteiger charge is -2.51. The first-order valence-corrected chi connectivity index (χ1v) is 17.1. The maximum Gasteiger partial charge on any atom is 0.135 e. The van der Waals surface area contributed by atoms with Crippen LogP contribution in [0.2, 0.25) is 0 Å². The molecule has 0 radical (unpaired) electrons. The van der Waals surface area contributed by atoms with Crippen molar-refractivity contribution in [2.24, 2.45) is 23.2 Å². The second-order valence-electron chi connectivity index (χ2n) is 14.3. The average Bonchev–Trinajstić information content (AvgIpc) is 3.73. The van der Waals surface area contributed by atoms with Crippen LogP contribution in [0.5, 0.6) is 5.75 Å². The lowest BCUT2D eigenvalue weighted by atomic mass is 9.54. The molecule has 2 heterocycles. The third-order valence-electron chi connectivity index (χ3n) is 12.0. The van der Waals surface area contributed by atoms with Gasteiger partial charge < -0.3 is 13.7 Å². The van der Waals surface area contributed by atoms with E-state index < -0.39 is 0 Å². The normalized spacial score (nSPS) is 27.6. The highest BCUT2D eigenvalue weighted by molar-refractivity contribution is 6.10. The number of aromatic nitrogens is 1. The van der Waals surface area contributed by atoms with E-state index in [1.54, 1.807) is 0 Å². The topological polar surface area (TPSA) is 27.3 Å². The molecule has 0 spiro atoms. The van der Waals surface area contributed by atoms with Gasteiger partial charge >= 0.3 is 0 Å². The van der Waals surface area contributed by atoms with Gasteiger partial charge in [0.25, 0.3) is 0 Å². The number of nitrogens with zero attached hydrogens (tertiary/aromatic N) is 1. The van der Waals surface area contributed by atoms with E-state index in [1.165, 1.54) is 64.3 Å². The standard InChI is InChI=1S/C43H41NO2/c1-27-16-19-32-31(30(27)20-17-28(2)44-38-13-7-4-10-33(38)34-11-5-8-14-39(34)44)24-25-43(3)37(32)21-23-42(43)45-29-18-22-41-36(26-29)35-12-6-9-15-40(35)46-41/h4-15,17-18,20,22,26,31-32,37,42H,1,16,19,21,23-25H2,2-3H3/b28-17+,30-20+/t31-,32-,37+,42?,43+/m1/s1. The van der Waals surface area contributed by atoms with Crippen molar-refractivity contribution >= 4 is 49.4 Å². The number of benzene rings is 4. The van der Waals surface area contributed by atoms with Gasteiger partial charge in [-0.1, -0.05) is 79.7 Å². The van der Waals surface area contributed by atoms with Crippen LogP contribution in [0.25, 0.3) is 49.4 Å². The lowest BCUT2D eigenvalue weighted by molar-refractivity contribution is -0.0194. The Labute approximate surface area is 270 Å². The van der Waals surface area contributed by atoms with Crippen LogP contribution in [-0.2, 0) is 0 Å². The number of furan rings is 1.